The smallest absolute Gasteiger partial charge is 0.254 e. The van der Waals surface area contributed by atoms with E-state index >= 15 is 0 Å². The van der Waals surface area contributed by atoms with Crippen LogP contribution in [-0.4, -0.2) is 47.2 Å². The lowest BCUT2D eigenvalue weighted by molar-refractivity contribution is 0.0746. The Hall–Kier alpha value is -3.29. The van der Waals surface area contributed by atoms with E-state index in [2.05, 4.69) is 10.2 Å². The van der Waals surface area contributed by atoms with E-state index in [0.717, 1.165) is 12.1 Å². The van der Waals surface area contributed by atoms with Crippen LogP contribution in [0, 0.1) is 11.6 Å². The van der Waals surface area contributed by atoms with Gasteiger partial charge in [-0.2, -0.15) is 0 Å². The van der Waals surface area contributed by atoms with Gasteiger partial charge in [0.25, 0.3) is 5.91 Å². The number of rotatable bonds is 3. The van der Waals surface area contributed by atoms with E-state index in [1.165, 1.54) is 6.07 Å². The van der Waals surface area contributed by atoms with Crippen molar-refractivity contribution >= 4 is 11.7 Å². The maximum Gasteiger partial charge on any atom is 0.254 e. The summed E-state index contributed by atoms with van der Waals surface area (Å²) >= 11 is 0. The van der Waals surface area contributed by atoms with Crippen LogP contribution in [0.25, 0.3) is 11.5 Å². The van der Waals surface area contributed by atoms with Crippen molar-refractivity contribution in [2.24, 2.45) is 0 Å². The third-order valence-electron chi connectivity index (χ3n) is 4.48. The van der Waals surface area contributed by atoms with Crippen LogP contribution in [0.3, 0.4) is 0 Å². The van der Waals surface area contributed by atoms with Gasteiger partial charge in [-0.15, -0.1) is 10.2 Å². The number of furan rings is 1. The van der Waals surface area contributed by atoms with Gasteiger partial charge in [-0.05, 0) is 42.5 Å². The number of benzene rings is 1. The van der Waals surface area contributed by atoms with Gasteiger partial charge in [0, 0.05) is 31.7 Å². The third-order valence-corrected chi connectivity index (χ3v) is 4.48. The van der Waals surface area contributed by atoms with E-state index in [1.54, 1.807) is 17.2 Å². The molecule has 1 aliphatic rings. The first-order valence-electron chi connectivity index (χ1n) is 8.49. The summed E-state index contributed by atoms with van der Waals surface area (Å²) in [6.07, 6.45) is 1.58. The van der Waals surface area contributed by atoms with Gasteiger partial charge in [0.15, 0.2) is 23.2 Å². The third kappa shape index (κ3) is 3.51. The van der Waals surface area contributed by atoms with E-state index < -0.39 is 11.6 Å². The zero-order valence-electron chi connectivity index (χ0n) is 14.3. The highest BCUT2D eigenvalue weighted by atomic mass is 19.2. The minimum Gasteiger partial charge on any atom is -0.463 e. The molecular formula is C19H16F2N4O2. The Morgan fingerprint density at radius 2 is 1.78 bits per heavy atom. The van der Waals surface area contributed by atoms with Crippen LogP contribution in [0.15, 0.2) is 53.1 Å². The number of amides is 1. The van der Waals surface area contributed by atoms with Gasteiger partial charge < -0.3 is 14.2 Å². The lowest BCUT2D eigenvalue weighted by atomic mass is 10.1. The Kier molecular flexibility index (Phi) is 4.53. The maximum absolute atomic E-state index is 13.3. The van der Waals surface area contributed by atoms with E-state index in [1.807, 2.05) is 23.1 Å². The summed E-state index contributed by atoms with van der Waals surface area (Å²) in [5.74, 6) is -0.937. The van der Waals surface area contributed by atoms with Gasteiger partial charge in [0.1, 0.15) is 5.69 Å². The molecule has 0 spiro atoms. The Bertz CT molecular complexity index is 937. The molecule has 8 heteroatoms. The molecule has 0 bridgehead atoms. The summed E-state index contributed by atoms with van der Waals surface area (Å²) in [6.45, 7) is 2.06. The first-order chi connectivity index (χ1) is 13.1. The predicted molar refractivity (Wildman–Crippen MR) is 94.2 cm³/mol. The van der Waals surface area contributed by atoms with Gasteiger partial charge >= 0.3 is 0 Å². The topological polar surface area (TPSA) is 62.5 Å². The minimum atomic E-state index is -1.02. The van der Waals surface area contributed by atoms with Crippen molar-refractivity contribution in [1.82, 2.24) is 15.1 Å². The first kappa shape index (κ1) is 17.1. The zero-order valence-corrected chi connectivity index (χ0v) is 14.3. The summed E-state index contributed by atoms with van der Waals surface area (Å²) in [4.78, 5) is 16.1. The largest absolute Gasteiger partial charge is 0.463 e. The fourth-order valence-electron chi connectivity index (χ4n) is 3.00. The monoisotopic (exact) mass is 370 g/mol. The van der Waals surface area contributed by atoms with Crippen LogP contribution in [0.1, 0.15) is 10.4 Å². The molecular weight excluding hydrogens is 354 g/mol. The molecule has 6 nitrogen and oxygen atoms in total. The normalized spacial score (nSPS) is 14.4. The standard InChI is InChI=1S/C19H16F2N4O2/c20-14-4-3-13(12-15(14)21)19(26)25-9-7-24(8-10-25)18-6-5-16(22-23-18)17-2-1-11-27-17/h1-6,11-12H,7-10H2. The molecule has 3 aromatic rings. The SMILES string of the molecule is O=C(c1ccc(F)c(F)c1)N1CCN(c2ccc(-c3ccco3)nn2)CC1. The molecule has 0 N–H and O–H groups in total. The molecule has 1 aliphatic heterocycles. The summed E-state index contributed by atoms with van der Waals surface area (Å²) in [5, 5.41) is 8.40. The average Bonchev–Trinajstić information content (AvgIpc) is 3.25. The minimum absolute atomic E-state index is 0.143. The predicted octanol–water partition coefficient (Wildman–Crippen LogP) is 2.98. The van der Waals surface area contributed by atoms with Crippen molar-refractivity contribution in [3.8, 4) is 11.5 Å². The average molecular weight is 370 g/mol. The number of aromatic nitrogens is 2. The number of piperazine rings is 1. The summed E-state index contributed by atoms with van der Waals surface area (Å²) in [5.41, 5.74) is 0.792. The van der Waals surface area contributed by atoms with E-state index in [0.29, 0.717) is 43.5 Å². The van der Waals surface area contributed by atoms with Crippen molar-refractivity contribution in [2.45, 2.75) is 0 Å². The van der Waals surface area contributed by atoms with Crippen molar-refractivity contribution < 1.29 is 18.0 Å². The molecule has 138 valence electrons. The molecule has 0 aliphatic carbocycles. The number of hydrogen-bond donors (Lipinski definition) is 0. The molecule has 0 radical (unpaired) electrons. The molecule has 0 atom stereocenters. The van der Waals surface area contributed by atoms with E-state index in [9.17, 15) is 13.6 Å². The molecule has 1 amide bonds. The second-order valence-electron chi connectivity index (χ2n) is 6.16. The quantitative estimate of drug-likeness (QED) is 0.709. The van der Waals surface area contributed by atoms with E-state index in [-0.39, 0.29) is 11.5 Å². The fourth-order valence-corrected chi connectivity index (χ4v) is 3.00. The Morgan fingerprint density at radius 1 is 0.963 bits per heavy atom. The number of hydrogen-bond acceptors (Lipinski definition) is 5. The molecule has 2 aromatic heterocycles. The molecule has 1 fully saturated rings. The van der Waals surface area contributed by atoms with Crippen LogP contribution < -0.4 is 4.90 Å². The summed E-state index contributed by atoms with van der Waals surface area (Å²) in [7, 11) is 0. The highest BCUT2D eigenvalue weighted by Crippen LogP contribution is 2.20. The number of halogens is 2. The number of nitrogens with zero attached hydrogens (tertiary/aromatic N) is 4. The Labute approximate surface area is 154 Å². The number of anilines is 1. The second kappa shape index (κ2) is 7.14. The van der Waals surface area contributed by atoms with Crippen LogP contribution in [0.2, 0.25) is 0 Å². The van der Waals surface area contributed by atoms with Gasteiger partial charge in [-0.25, -0.2) is 8.78 Å². The summed E-state index contributed by atoms with van der Waals surface area (Å²) < 4.78 is 31.7. The van der Waals surface area contributed by atoms with Gasteiger partial charge in [0.05, 0.1) is 6.26 Å². The number of carbonyl (C=O) groups is 1. The van der Waals surface area contributed by atoms with Crippen molar-refractivity contribution in [1.29, 1.82) is 0 Å². The van der Waals surface area contributed by atoms with Crippen LogP contribution >= 0.6 is 0 Å². The molecule has 4 rings (SSSR count). The van der Waals surface area contributed by atoms with Crippen molar-refractivity contribution in [3.63, 3.8) is 0 Å². The Morgan fingerprint density at radius 3 is 2.41 bits per heavy atom. The first-order valence-corrected chi connectivity index (χ1v) is 8.49. The molecule has 27 heavy (non-hydrogen) atoms. The van der Waals surface area contributed by atoms with Crippen LogP contribution in [0.5, 0.6) is 0 Å². The fraction of sp³-hybridized carbons (Fsp3) is 0.211. The van der Waals surface area contributed by atoms with Gasteiger partial charge in [0.2, 0.25) is 0 Å². The lowest BCUT2D eigenvalue weighted by Crippen LogP contribution is -2.49. The van der Waals surface area contributed by atoms with E-state index in [4.69, 9.17) is 4.42 Å². The van der Waals surface area contributed by atoms with Gasteiger partial charge in [-0.3, -0.25) is 4.79 Å². The molecule has 1 saturated heterocycles. The highest BCUT2D eigenvalue weighted by molar-refractivity contribution is 5.94. The zero-order chi connectivity index (χ0) is 18.8. The molecule has 0 saturated carbocycles. The van der Waals surface area contributed by atoms with Gasteiger partial charge in [-0.1, -0.05) is 0 Å². The molecule has 3 heterocycles. The van der Waals surface area contributed by atoms with Crippen LogP contribution in [-0.2, 0) is 0 Å². The summed E-state index contributed by atoms with van der Waals surface area (Å²) in [6, 6.07) is 10.5. The lowest BCUT2D eigenvalue weighted by Gasteiger charge is -2.35. The Balaban J connectivity index is 1.39. The second-order valence-corrected chi connectivity index (χ2v) is 6.16. The highest BCUT2D eigenvalue weighted by Gasteiger charge is 2.24. The maximum atomic E-state index is 13.3. The van der Waals surface area contributed by atoms with Crippen molar-refractivity contribution in [3.05, 3.63) is 65.9 Å². The van der Waals surface area contributed by atoms with Crippen molar-refractivity contribution in [2.75, 3.05) is 31.1 Å². The number of carbonyl (C=O) groups excluding carboxylic acids is 1. The molecule has 1 aromatic carbocycles. The molecule has 0 unspecified atom stereocenters. The van der Waals surface area contributed by atoms with Crippen LogP contribution in [0.4, 0.5) is 14.6 Å².